The van der Waals surface area contributed by atoms with E-state index in [0.717, 1.165) is 42.4 Å². The first-order chi connectivity index (χ1) is 16.1. The zero-order valence-corrected chi connectivity index (χ0v) is 20.0. The molecule has 0 heterocycles. The van der Waals surface area contributed by atoms with E-state index in [4.69, 9.17) is 16.3 Å². The van der Waals surface area contributed by atoms with Crippen LogP contribution in [0.3, 0.4) is 0 Å². The average molecular weight is 471 g/mol. The van der Waals surface area contributed by atoms with E-state index in [0.29, 0.717) is 30.8 Å². The van der Waals surface area contributed by atoms with Crippen LogP contribution in [0, 0.1) is 5.92 Å². The van der Waals surface area contributed by atoms with Gasteiger partial charge in [-0.05, 0) is 67.1 Å². The van der Waals surface area contributed by atoms with Crippen molar-refractivity contribution in [3.8, 4) is 5.75 Å². The van der Waals surface area contributed by atoms with Gasteiger partial charge in [0.15, 0.2) is 0 Å². The second-order valence-electron chi connectivity index (χ2n) is 8.79. The number of hydrogen-bond donors (Lipinski definition) is 2. The first kappa shape index (κ1) is 25.1. The lowest BCUT2D eigenvalue weighted by Crippen LogP contribution is -2.25. The van der Waals surface area contributed by atoms with Crippen molar-refractivity contribution in [3.05, 3.63) is 59.1 Å². The van der Waals surface area contributed by atoms with Crippen molar-refractivity contribution in [2.45, 2.75) is 64.2 Å². The molecule has 1 aliphatic carbocycles. The van der Waals surface area contributed by atoms with Gasteiger partial charge in [-0.15, -0.1) is 0 Å². The predicted octanol–water partition coefficient (Wildman–Crippen LogP) is 6.16. The number of carbonyl (C=O) groups excluding carboxylic acids is 2. The highest BCUT2D eigenvalue weighted by Crippen LogP contribution is 2.26. The Hall–Kier alpha value is -2.53. The van der Waals surface area contributed by atoms with Crippen LogP contribution in [-0.4, -0.2) is 25.0 Å². The zero-order valence-electron chi connectivity index (χ0n) is 19.3. The summed E-state index contributed by atoms with van der Waals surface area (Å²) >= 11 is 5.87. The first-order valence-electron chi connectivity index (χ1n) is 12.1. The van der Waals surface area contributed by atoms with Gasteiger partial charge in [-0.3, -0.25) is 9.59 Å². The molecule has 0 bridgehead atoms. The summed E-state index contributed by atoms with van der Waals surface area (Å²) in [6, 6.07) is 15.1. The number of benzene rings is 2. The van der Waals surface area contributed by atoms with Crippen LogP contribution in [0.1, 0.15) is 63.4 Å². The molecule has 2 N–H and O–H groups in total. The number of halogens is 1. The lowest BCUT2D eigenvalue weighted by atomic mass is 9.87. The monoisotopic (exact) mass is 470 g/mol. The maximum Gasteiger partial charge on any atom is 0.224 e. The van der Waals surface area contributed by atoms with Gasteiger partial charge in [0.05, 0.1) is 6.61 Å². The summed E-state index contributed by atoms with van der Waals surface area (Å²) in [6.45, 7) is 1.32. The summed E-state index contributed by atoms with van der Waals surface area (Å²) < 4.78 is 5.86. The highest BCUT2D eigenvalue weighted by Gasteiger charge is 2.13. The van der Waals surface area contributed by atoms with Crippen LogP contribution in [0.15, 0.2) is 48.5 Å². The van der Waals surface area contributed by atoms with Gasteiger partial charge < -0.3 is 15.4 Å². The largest absolute Gasteiger partial charge is 0.494 e. The van der Waals surface area contributed by atoms with E-state index in [1.54, 1.807) is 0 Å². The van der Waals surface area contributed by atoms with E-state index in [1.807, 2.05) is 48.5 Å². The van der Waals surface area contributed by atoms with Crippen molar-refractivity contribution in [3.63, 3.8) is 0 Å². The highest BCUT2D eigenvalue weighted by atomic mass is 35.5. The van der Waals surface area contributed by atoms with E-state index in [-0.39, 0.29) is 11.8 Å². The Balaban J connectivity index is 1.25. The average Bonchev–Trinajstić information content (AvgIpc) is 2.82. The molecule has 1 aliphatic rings. The summed E-state index contributed by atoms with van der Waals surface area (Å²) in [5, 5.41) is 6.48. The van der Waals surface area contributed by atoms with E-state index < -0.39 is 0 Å². The molecule has 178 valence electrons. The molecule has 1 saturated carbocycles. The molecule has 2 amide bonds. The normalized spacial score (nSPS) is 14.0. The third-order valence-corrected chi connectivity index (χ3v) is 6.37. The molecule has 0 spiro atoms. The van der Waals surface area contributed by atoms with E-state index >= 15 is 0 Å². The molecule has 3 rings (SSSR count). The number of anilines is 1. The Kier molecular flexibility index (Phi) is 10.6. The highest BCUT2D eigenvalue weighted by molar-refractivity contribution is 6.30. The predicted molar refractivity (Wildman–Crippen MR) is 134 cm³/mol. The Labute approximate surface area is 202 Å². The number of carbonyl (C=O) groups is 2. The molecule has 0 radical (unpaired) electrons. The Morgan fingerprint density at radius 2 is 1.61 bits per heavy atom. The molecular formula is C27H35ClN2O3. The Morgan fingerprint density at radius 3 is 2.33 bits per heavy atom. The smallest absolute Gasteiger partial charge is 0.224 e. The van der Waals surface area contributed by atoms with E-state index in [1.165, 1.54) is 32.1 Å². The lowest BCUT2D eigenvalue weighted by molar-refractivity contribution is -0.121. The minimum atomic E-state index is -0.0880. The summed E-state index contributed by atoms with van der Waals surface area (Å²) in [4.78, 5) is 24.1. The van der Waals surface area contributed by atoms with Crippen molar-refractivity contribution in [1.82, 2.24) is 5.32 Å². The fourth-order valence-electron chi connectivity index (χ4n) is 4.17. The van der Waals surface area contributed by atoms with Gasteiger partial charge in [-0.2, -0.15) is 0 Å². The molecule has 2 aromatic rings. The number of hydrogen-bond acceptors (Lipinski definition) is 3. The molecule has 0 aromatic heterocycles. The van der Waals surface area contributed by atoms with Gasteiger partial charge in [0, 0.05) is 30.1 Å². The van der Waals surface area contributed by atoms with Gasteiger partial charge in [0.2, 0.25) is 11.8 Å². The summed E-state index contributed by atoms with van der Waals surface area (Å²) in [7, 11) is 0. The minimum absolute atomic E-state index is 0.0357. The lowest BCUT2D eigenvalue weighted by Gasteiger charge is -2.21. The van der Waals surface area contributed by atoms with Crippen molar-refractivity contribution < 1.29 is 14.3 Å². The molecule has 33 heavy (non-hydrogen) atoms. The molecule has 0 aliphatic heterocycles. The van der Waals surface area contributed by atoms with Gasteiger partial charge >= 0.3 is 0 Å². The fraction of sp³-hybridized carbons (Fsp3) is 0.481. The number of ether oxygens (including phenoxy) is 1. The topological polar surface area (TPSA) is 67.4 Å². The maximum atomic E-state index is 12.2. The number of rotatable bonds is 12. The minimum Gasteiger partial charge on any atom is -0.494 e. The Morgan fingerprint density at radius 1 is 0.909 bits per heavy atom. The third kappa shape index (κ3) is 9.87. The maximum absolute atomic E-state index is 12.2. The van der Waals surface area contributed by atoms with Gasteiger partial charge in [-0.1, -0.05) is 55.8 Å². The molecule has 6 heteroatoms. The van der Waals surface area contributed by atoms with Crippen LogP contribution in [-0.2, 0) is 16.0 Å². The molecule has 1 fully saturated rings. The molecule has 2 aromatic carbocycles. The standard InChI is InChI=1S/C27H35ClN2O3/c28-23-11-9-22(10-12-23)17-19-29-26(31)7-4-8-27(32)30-24-13-15-25(16-14-24)33-20-18-21-5-2-1-3-6-21/h9-16,21H,1-8,17-20H2,(H,29,31)(H,30,32). The van der Waals surface area contributed by atoms with Gasteiger partial charge in [-0.25, -0.2) is 0 Å². The van der Waals surface area contributed by atoms with E-state index in [2.05, 4.69) is 10.6 Å². The summed E-state index contributed by atoms with van der Waals surface area (Å²) in [5.74, 6) is 1.52. The van der Waals surface area contributed by atoms with Gasteiger partial charge in [0.25, 0.3) is 0 Å². The fourth-order valence-corrected chi connectivity index (χ4v) is 4.30. The second kappa shape index (κ2) is 13.9. The summed E-state index contributed by atoms with van der Waals surface area (Å²) in [5.41, 5.74) is 1.87. The van der Waals surface area contributed by atoms with Gasteiger partial charge in [0.1, 0.15) is 5.75 Å². The van der Waals surface area contributed by atoms with Crippen LogP contribution in [0.5, 0.6) is 5.75 Å². The quantitative estimate of drug-likeness (QED) is 0.390. The van der Waals surface area contributed by atoms with E-state index in [9.17, 15) is 9.59 Å². The molecule has 5 nitrogen and oxygen atoms in total. The van der Waals surface area contributed by atoms with Crippen LogP contribution in [0.25, 0.3) is 0 Å². The molecular weight excluding hydrogens is 436 g/mol. The number of amides is 2. The third-order valence-electron chi connectivity index (χ3n) is 6.11. The Bertz CT molecular complexity index is 862. The number of nitrogens with one attached hydrogen (secondary N) is 2. The molecule has 0 saturated heterocycles. The molecule has 0 unspecified atom stereocenters. The SMILES string of the molecule is O=C(CCCC(=O)Nc1ccc(OCCC2CCCCC2)cc1)NCCc1ccc(Cl)cc1. The van der Waals surface area contributed by atoms with Crippen LogP contribution >= 0.6 is 11.6 Å². The second-order valence-corrected chi connectivity index (χ2v) is 9.23. The van der Waals surface area contributed by atoms with Crippen molar-refractivity contribution in [2.24, 2.45) is 5.92 Å². The van der Waals surface area contributed by atoms with Crippen LogP contribution in [0.4, 0.5) is 5.69 Å². The van der Waals surface area contributed by atoms with Crippen LogP contribution in [0.2, 0.25) is 5.02 Å². The van der Waals surface area contributed by atoms with Crippen molar-refractivity contribution in [1.29, 1.82) is 0 Å². The zero-order chi connectivity index (χ0) is 23.3. The molecule has 0 atom stereocenters. The summed E-state index contributed by atoms with van der Waals surface area (Å²) in [6.07, 6.45) is 9.79. The first-order valence-corrected chi connectivity index (χ1v) is 12.5. The van der Waals surface area contributed by atoms with Crippen molar-refractivity contribution in [2.75, 3.05) is 18.5 Å². The van der Waals surface area contributed by atoms with Crippen LogP contribution < -0.4 is 15.4 Å². The van der Waals surface area contributed by atoms with Crippen molar-refractivity contribution >= 4 is 29.1 Å².